The Morgan fingerprint density at radius 3 is 2.76 bits per heavy atom. The molecule has 1 saturated carbocycles. The highest BCUT2D eigenvalue weighted by molar-refractivity contribution is 6.07. The fourth-order valence-electron chi connectivity index (χ4n) is 3.53. The van der Waals surface area contributed by atoms with Gasteiger partial charge in [-0.15, -0.1) is 0 Å². The predicted molar refractivity (Wildman–Crippen MR) is 90.0 cm³/mol. The average Bonchev–Trinajstić information content (AvgIpc) is 3.25. The van der Waals surface area contributed by atoms with E-state index in [0.717, 1.165) is 29.3 Å². The van der Waals surface area contributed by atoms with Gasteiger partial charge in [0, 0.05) is 23.1 Å². The van der Waals surface area contributed by atoms with Gasteiger partial charge in [0.1, 0.15) is 11.8 Å². The summed E-state index contributed by atoms with van der Waals surface area (Å²) in [5.74, 6) is -0.124. The molecule has 7 nitrogen and oxygen atoms in total. The van der Waals surface area contributed by atoms with Crippen LogP contribution in [0.4, 0.5) is 0 Å². The Labute approximate surface area is 144 Å². The molecule has 130 valence electrons. The molecule has 7 heteroatoms. The second-order valence-corrected chi connectivity index (χ2v) is 6.54. The van der Waals surface area contributed by atoms with Crippen molar-refractivity contribution >= 4 is 28.6 Å². The molecule has 1 aromatic carbocycles. The van der Waals surface area contributed by atoms with Crippen LogP contribution in [0, 0.1) is 0 Å². The first kappa shape index (κ1) is 15.7. The molecule has 2 aromatic rings. The zero-order valence-corrected chi connectivity index (χ0v) is 13.9. The second kappa shape index (κ2) is 5.91. The van der Waals surface area contributed by atoms with Crippen molar-refractivity contribution in [1.29, 1.82) is 0 Å². The van der Waals surface area contributed by atoms with E-state index in [9.17, 15) is 14.4 Å². The maximum absolute atomic E-state index is 13.0. The molecule has 0 spiro atoms. The molecule has 2 aliphatic rings. The minimum Gasteiger partial charge on any atom is -0.496 e. The van der Waals surface area contributed by atoms with Crippen molar-refractivity contribution in [3.8, 4) is 5.75 Å². The number of ether oxygens (including phenoxy) is 1. The van der Waals surface area contributed by atoms with Gasteiger partial charge in [0.05, 0.1) is 20.0 Å². The van der Waals surface area contributed by atoms with Gasteiger partial charge in [-0.2, -0.15) is 0 Å². The Kier molecular flexibility index (Phi) is 3.71. The van der Waals surface area contributed by atoms with Crippen LogP contribution in [0.5, 0.6) is 5.75 Å². The fraction of sp³-hybridized carbons (Fsp3) is 0.389. The topological polar surface area (TPSA) is 91.5 Å². The van der Waals surface area contributed by atoms with Gasteiger partial charge in [0.2, 0.25) is 17.7 Å². The zero-order chi connectivity index (χ0) is 17.6. The summed E-state index contributed by atoms with van der Waals surface area (Å²) >= 11 is 0. The Balaban J connectivity index is 1.62. The number of benzene rings is 1. The number of fused-ring (bicyclic) bond motifs is 1. The monoisotopic (exact) mass is 341 g/mol. The lowest BCUT2D eigenvalue weighted by molar-refractivity contribution is -0.139. The van der Waals surface area contributed by atoms with Crippen molar-refractivity contribution in [2.45, 2.75) is 37.8 Å². The quantitative estimate of drug-likeness (QED) is 0.798. The number of carbonyl (C=O) groups excluding carboxylic acids is 3. The van der Waals surface area contributed by atoms with Gasteiger partial charge in [-0.05, 0) is 30.5 Å². The summed E-state index contributed by atoms with van der Waals surface area (Å²) in [7, 11) is 1.60. The average molecular weight is 341 g/mol. The number of nitrogens with zero attached hydrogens (tertiary/aromatic N) is 1. The fourth-order valence-corrected chi connectivity index (χ4v) is 3.53. The highest BCUT2D eigenvalue weighted by Crippen LogP contribution is 2.33. The lowest BCUT2D eigenvalue weighted by atomic mass is 10.1. The number of aromatic amines is 1. The van der Waals surface area contributed by atoms with Gasteiger partial charge in [0.15, 0.2) is 0 Å². The molecule has 1 aliphatic heterocycles. The smallest absolute Gasteiger partial charge is 0.249 e. The number of rotatable bonds is 5. The maximum Gasteiger partial charge on any atom is 0.249 e. The molecule has 2 heterocycles. The normalized spacial score (nSPS) is 20.0. The number of methoxy groups -OCH3 is 1. The molecule has 0 bridgehead atoms. The van der Waals surface area contributed by atoms with Crippen molar-refractivity contribution in [1.82, 2.24) is 15.2 Å². The lowest BCUT2D eigenvalue weighted by Crippen LogP contribution is -2.46. The number of carbonyl (C=O) groups is 3. The van der Waals surface area contributed by atoms with Crippen molar-refractivity contribution in [3.05, 3.63) is 30.0 Å². The molecule has 1 aromatic heterocycles. The van der Waals surface area contributed by atoms with E-state index in [4.69, 9.17) is 4.74 Å². The van der Waals surface area contributed by atoms with E-state index in [1.165, 1.54) is 0 Å². The van der Waals surface area contributed by atoms with E-state index in [1.54, 1.807) is 18.2 Å². The molecule has 2 N–H and O–H groups in total. The van der Waals surface area contributed by atoms with Crippen LogP contribution < -0.4 is 10.1 Å². The van der Waals surface area contributed by atoms with Gasteiger partial charge < -0.3 is 14.6 Å². The number of H-pyrrole nitrogens is 1. The Hall–Kier alpha value is -2.83. The molecule has 2 fully saturated rings. The SMILES string of the molecule is COc1cccc2[nH]cc(CC(=O)N(C3CC3)[C@@H]3CC(=O)NC3=O)c12. The van der Waals surface area contributed by atoms with Crippen molar-refractivity contribution in [2.75, 3.05) is 7.11 Å². The van der Waals surface area contributed by atoms with Crippen molar-refractivity contribution in [3.63, 3.8) is 0 Å². The number of hydrogen-bond acceptors (Lipinski definition) is 4. The minimum absolute atomic E-state index is 0.0538. The van der Waals surface area contributed by atoms with E-state index in [-0.39, 0.29) is 36.6 Å². The van der Waals surface area contributed by atoms with Crippen LogP contribution in [-0.4, -0.2) is 46.8 Å². The van der Waals surface area contributed by atoms with E-state index >= 15 is 0 Å². The Morgan fingerprint density at radius 1 is 1.32 bits per heavy atom. The van der Waals surface area contributed by atoms with E-state index in [1.807, 2.05) is 18.2 Å². The van der Waals surface area contributed by atoms with Gasteiger partial charge in [0.25, 0.3) is 0 Å². The second-order valence-electron chi connectivity index (χ2n) is 6.54. The third-order valence-electron chi connectivity index (χ3n) is 4.82. The van der Waals surface area contributed by atoms with E-state index in [2.05, 4.69) is 10.3 Å². The predicted octanol–water partition coefficient (Wildman–Crippen LogP) is 1.13. The molecule has 4 rings (SSSR count). The first-order valence-electron chi connectivity index (χ1n) is 8.36. The third kappa shape index (κ3) is 2.75. The zero-order valence-electron chi connectivity index (χ0n) is 13.9. The number of aromatic nitrogens is 1. The molecule has 0 unspecified atom stereocenters. The van der Waals surface area contributed by atoms with E-state index in [0.29, 0.717) is 5.75 Å². The largest absolute Gasteiger partial charge is 0.496 e. The van der Waals surface area contributed by atoms with Gasteiger partial charge >= 0.3 is 0 Å². The minimum atomic E-state index is -0.681. The summed E-state index contributed by atoms with van der Waals surface area (Å²) in [5, 5.41) is 3.17. The molecule has 0 radical (unpaired) electrons. The van der Waals surface area contributed by atoms with Gasteiger partial charge in [-0.3, -0.25) is 19.7 Å². The summed E-state index contributed by atoms with van der Waals surface area (Å²) in [6.07, 6.45) is 3.77. The van der Waals surface area contributed by atoms with Gasteiger partial charge in [-0.1, -0.05) is 6.07 Å². The summed E-state index contributed by atoms with van der Waals surface area (Å²) in [4.78, 5) is 41.3. The van der Waals surface area contributed by atoms with Crippen LogP contribution in [0.1, 0.15) is 24.8 Å². The van der Waals surface area contributed by atoms with Crippen LogP contribution in [0.15, 0.2) is 24.4 Å². The van der Waals surface area contributed by atoms with Crippen LogP contribution in [-0.2, 0) is 20.8 Å². The Bertz CT molecular complexity index is 868. The highest BCUT2D eigenvalue weighted by atomic mass is 16.5. The first-order valence-corrected chi connectivity index (χ1v) is 8.36. The van der Waals surface area contributed by atoms with Crippen molar-refractivity contribution < 1.29 is 19.1 Å². The standard InChI is InChI=1S/C18H19N3O4/c1-25-14-4-2-3-12-17(14)10(9-19-12)7-16(23)21(11-5-6-11)13-8-15(22)20-18(13)24/h2-4,9,11,13,19H,5-8H2,1H3,(H,20,22,24)/t13-/m1/s1. The molecule has 25 heavy (non-hydrogen) atoms. The molecule has 1 atom stereocenters. The summed E-state index contributed by atoms with van der Waals surface area (Å²) in [6, 6.07) is 5.04. The first-order chi connectivity index (χ1) is 12.1. The molecular formula is C18H19N3O4. The number of nitrogens with one attached hydrogen (secondary N) is 2. The number of amides is 3. The van der Waals surface area contributed by atoms with Gasteiger partial charge in [-0.25, -0.2) is 0 Å². The summed E-state index contributed by atoms with van der Waals surface area (Å²) < 4.78 is 5.41. The summed E-state index contributed by atoms with van der Waals surface area (Å²) in [5.41, 5.74) is 1.72. The van der Waals surface area contributed by atoms with Crippen LogP contribution in [0.3, 0.4) is 0 Å². The number of hydrogen-bond donors (Lipinski definition) is 2. The molecule has 1 saturated heterocycles. The van der Waals surface area contributed by atoms with Crippen molar-refractivity contribution in [2.24, 2.45) is 0 Å². The van der Waals surface area contributed by atoms with Crippen LogP contribution in [0.25, 0.3) is 10.9 Å². The molecular weight excluding hydrogens is 322 g/mol. The van der Waals surface area contributed by atoms with Crippen LogP contribution in [0.2, 0.25) is 0 Å². The lowest BCUT2D eigenvalue weighted by Gasteiger charge is -2.26. The van der Waals surface area contributed by atoms with Crippen LogP contribution >= 0.6 is 0 Å². The van der Waals surface area contributed by atoms with E-state index < -0.39 is 6.04 Å². The Morgan fingerprint density at radius 2 is 2.12 bits per heavy atom. The summed E-state index contributed by atoms with van der Waals surface area (Å²) in [6.45, 7) is 0. The number of imide groups is 1. The third-order valence-corrected chi connectivity index (χ3v) is 4.82. The highest BCUT2D eigenvalue weighted by Gasteiger charge is 2.44. The molecule has 3 amide bonds. The molecule has 1 aliphatic carbocycles. The maximum atomic E-state index is 13.0.